The molecule has 1 saturated carbocycles. The predicted molar refractivity (Wildman–Crippen MR) is 73.8 cm³/mol. The third kappa shape index (κ3) is 1.58. The monoisotopic (exact) mass is 254 g/mol. The SMILES string of the molecule is O[C@H]1CCCC[C@@H]1C1c2ccccc2-c2cncn21. The molecule has 98 valence electrons. The molecule has 3 heteroatoms. The van der Waals surface area contributed by atoms with Crippen LogP contribution in [0.5, 0.6) is 0 Å². The topological polar surface area (TPSA) is 38.1 Å². The summed E-state index contributed by atoms with van der Waals surface area (Å²) in [6.45, 7) is 0. The summed E-state index contributed by atoms with van der Waals surface area (Å²) in [4.78, 5) is 4.29. The first-order chi connectivity index (χ1) is 9.36. The summed E-state index contributed by atoms with van der Waals surface area (Å²) < 4.78 is 2.25. The molecule has 1 aromatic carbocycles. The Balaban J connectivity index is 1.84. The molecule has 1 aliphatic carbocycles. The third-order valence-electron chi connectivity index (χ3n) is 4.71. The Hall–Kier alpha value is -1.61. The fraction of sp³-hybridized carbons (Fsp3) is 0.438. The zero-order valence-electron chi connectivity index (χ0n) is 10.9. The van der Waals surface area contributed by atoms with Crippen molar-refractivity contribution in [3.05, 3.63) is 42.4 Å². The summed E-state index contributed by atoms with van der Waals surface area (Å²) in [6.07, 6.45) is 8.11. The number of hydrogen-bond acceptors (Lipinski definition) is 2. The first kappa shape index (κ1) is 11.2. The Morgan fingerprint density at radius 1 is 1.16 bits per heavy atom. The van der Waals surface area contributed by atoms with Crippen molar-refractivity contribution in [2.75, 3.05) is 0 Å². The molecule has 3 atom stereocenters. The van der Waals surface area contributed by atoms with Crippen LogP contribution in [0, 0.1) is 5.92 Å². The summed E-state index contributed by atoms with van der Waals surface area (Å²) in [5, 5.41) is 10.4. The van der Waals surface area contributed by atoms with Crippen molar-refractivity contribution in [3.63, 3.8) is 0 Å². The number of rotatable bonds is 1. The van der Waals surface area contributed by atoms with Crippen LogP contribution in [0.2, 0.25) is 0 Å². The van der Waals surface area contributed by atoms with Gasteiger partial charge in [-0.2, -0.15) is 0 Å². The number of hydrogen-bond donors (Lipinski definition) is 1. The van der Waals surface area contributed by atoms with Gasteiger partial charge in [0.05, 0.1) is 30.4 Å². The van der Waals surface area contributed by atoms with Gasteiger partial charge in [0.1, 0.15) is 0 Å². The van der Waals surface area contributed by atoms with E-state index in [1.165, 1.54) is 23.2 Å². The van der Waals surface area contributed by atoms with Gasteiger partial charge < -0.3 is 9.67 Å². The van der Waals surface area contributed by atoms with Crippen molar-refractivity contribution in [3.8, 4) is 11.3 Å². The summed E-state index contributed by atoms with van der Waals surface area (Å²) >= 11 is 0. The molecule has 0 bridgehead atoms. The largest absolute Gasteiger partial charge is 0.393 e. The second kappa shape index (κ2) is 4.20. The highest BCUT2D eigenvalue weighted by Crippen LogP contribution is 2.46. The van der Waals surface area contributed by atoms with Gasteiger partial charge in [0.15, 0.2) is 0 Å². The van der Waals surface area contributed by atoms with Gasteiger partial charge in [-0.1, -0.05) is 37.1 Å². The molecule has 1 fully saturated rings. The minimum Gasteiger partial charge on any atom is -0.393 e. The summed E-state index contributed by atoms with van der Waals surface area (Å²) in [5.74, 6) is 0.324. The van der Waals surface area contributed by atoms with Crippen LogP contribution < -0.4 is 0 Å². The van der Waals surface area contributed by atoms with Crippen LogP contribution in [0.15, 0.2) is 36.8 Å². The zero-order chi connectivity index (χ0) is 12.8. The van der Waals surface area contributed by atoms with E-state index < -0.39 is 0 Å². The van der Waals surface area contributed by atoms with Crippen molar-refractivity contribution >= 4 is 0 Å². The normalized spacial score (nSPS) is 29.0. The van der Waals surface area contributed by atoms with E-state index >= 15 is 0 Å². The lowest BCUT2D eigenvalue weighted by atomic mass is 9.79. The van der Waals surface area contributed by atoms with Crippen LogP contribution >= 0.6 is 0 Å². The molecular formula is C16H18N2O. The van der Waals surface area contributed by atoms with E-state index in [1.807, 2.05) is 12.5 Å². The van der Waals surface area contributed by atoms with E-state index in [9.17, 15) is 5.11 Å². The Morgan fingerprint density at radius 3 is 2.89 bits per heavy atom. The maximum atomic E-state index is 10.4. The maximum absolute atomic E-state index is 10.4. The molecule has 0 amide bonds. The van der Waals surface area contributed by atoms with Gasteiger partial charge in [-0.15, -0.1) is 0 Å². The lowest BCUT2D eigenvalue weighted by Crippen LogP contribution is -2.31. The number of fused-ring (bicyclic) bond motifs is 3. The number of benzene rings is 1. The molecule has 2 heterocycles. The van der Waals surface area contributed by atoms with Gasteiger partial charge in [-0.3, -0.25) is 0 Å². The molecule has 2 aromatic rings. The van der Waals surface area contributed by atoms with Crippen LogP contribution in [0.3, 0.4) is 0 Å². The van der Waals surface area contributed by atoms with Crippen molar-refractivity contribution < 1.29 is 5.11 Å². The standard InChI is InChI=1S/C16H18N2O/c19-15-8-4-3-7-13(15)16-12-6-2-1-5-11(12)14-9-17-10-18(14)16/h1-2,5-6,9-10,13,15-16,19H,3-4,7-8H2/t13-,15-,16?/m0/s1. The Kier molecular flexibility index (Phi) is 2.49. The van der Waals surface area contributed by atoms with Crippen molar-refractivity contribution in [1.82, 2.24) is 9.55 Å². The lowest BCUT2D eigenvalue weighted by molar-refractivity contribution is 0.0504. The molecule has 19 heavy (non-hydrogen) atoms. The van der Waals surface area contributed by atoms with Crippen LogP contribution in [0.1, 0.15) is 37.3 Å². The second-order valence-electron chi connectivity index (χ2n) is 5.73. The van der Waals surface area contributed by atoms with E-state index in [2.05, 4.69) is 33.8 Å². The molecule has 2 aliphatic rings. The average molecular weight is 254 g/mol. The molecule has 3 nitrogen and oxygen atoms in total. The van der Waals surface area contributed by atoms with Crippen LogP contribution in [-0.2, 0) is 0 Å². The molecular weight excluding hydrogens is 236 g/mol. The van der Waals surface area contributed by atoms with Gasteiger partial charge in [-0.25, -0.2) is 4.98 Å². The lowest BCUT2D eigenvalue weighted by Gasteiger charge is -2.33. The van der Waals surface area contributed by atoms with Gasteiger partial charge in [0, 0.05) is 11.5 Å². The zero-order valence-corrected chi connectivity index (χ0v) is 10.9. The van der Waals surface area contributed by atoms with E-state index in [0.29, 0.717) is 5.92 Å². The molecule has 0 radical (unpaired) electrons. The van der Waals surface area contributed by atoms with E-state index in [1.54, 1.807) is 0 Å². The number of nitrogens with zero attached hydrogens (tertiary/aromatic N) is 2. The second-order valence-corrected chi connectivity index (χ2v) is 5.73. The smallest absolute Gasteiger partial charge is 0.0956 e. The predicted octanol–water partition coefficient (Wildman–Crippen LogP) is 3.00. The summed E-state index contributed by atoms with van der Waals surface area (Å²) in [5.41, 5.74) is 3.83. The Labute approximate surface area is 112 Å². The van der Waals surface area contributed by atoms with Crippen molar-refractivity contribution in [2.24, 2.45) is 5.92 Å². The Bertz CT molecular complexity index is 604. The molecule has 1 N–H and O–H groups in total. The molecule has 0 spiro atoms. The minimum absolute atomic E-state index is 0.180. The first-order valence-electron chi connectivity index (χ1n) is 7.15. The molecule has 0 saturated heterocycles. The minimum atomic E-state index is -0.180. The molecule has 1 aliphatic heterocycles. The third-order valence-corrected chi connectivity index (χ3v) is 4.71. The van der Waals surface area contributed by atoms with Gasteiger partial charge in [0.25, 0.3) is 0 Å². The summed E-state index contributed by atoms with van der Waals surface area (Å²) in [6, 6.07) is 8.81. The molecule has 1 unspecified atom stereocenters. The highest BCUT2D eigenvalue weighted by atomic mass is 16.3. The van der Waals surface area contributed by atoms with Gasteiger partial charge in [0.2, 0.25) is 0 Å². The van der Waals surface area contributed by atoms with Crippen LogP contribution in [-0.4, -0.2) is 20.8 Å². The fourth-order valence-electron chi connectivity index (χ4n) is 3.82. The molecule has 1 aromatic heterocycles. The van der Waals surface area contributed by atoms with Gasteiger partial charge >= 0.3 is 0 Å². The number of aliphatic hydroxyl groups excluding tert-OH is 1. The van der Waals surface area contributed by atoms with E-state index in [-0.39, 0.29) is 12.1 Å². The van der Waals surface area contributed by atoms with E-state index in [0.717, 1.165) is 19.3 Å². The fourth-order valence-corrected chi connectivity index (χ4v) is 3.82. The van der Waals surface area contributed by atoms with E-state index in [4.69, 9.17) is 0 Å². The van der Waals surface area contributed by atoms with Crippen molar-refractivity contribution in [1.29, 1.82) is 0 Å². The number of aromatic nitrogens is 2. The number of aliphatic hydroxyl groups is 1. The quantitative estimate of drug-likeness (QED) is 0.849. The average Bonchev–Trinajstić information content (AvgIpc) is 3.00. The van der Waals surface area contributed by atoms with Gasteiger partial charge in [-0.05, 0) is 18.4 Å². The Morgan fingerprint density at radius 2 is 2.00 bits per heavy atom. The first-order valence-corrected chi connectivity index (χ1v) is 7.15. The van der Waals surface area contributed by atoms with Crippen LogP contribution in [0.4, 0.5) is 0 Å². The molecule has 4 rings (SSSR count). The maximum Gasteiger partial charge on any atom is 0.0956 e. The highest BCUT2D eigenvalue weighted by Gasteiger charge is 2.38. The van der Waals surface area contributed by atoms with Crippen molar-refractivity contribution in [2.45, 2.75) is 37.8 Å². The van der Waals surface area contributed by atoms with Crippen LogP contribution in [0.25, 0.3) is 11.3 Å². The highest BCUT2D eigenvalue weighted by molar-refractivity contribution is 5.69. The number of imidazole rings is 1. The summed E-state index contributed by atoms with van der Waals surface area (Å²) in [7, 11) is 0.